The normalized spacial score (nSPS) is 17.8. The molecule has 3 aromatic heterocycles. The fourth-order valence-corrected chi connectivity index (χ4v) is 4.85. The van der Waals surface area contributed by atoms with Crippen molar-refractivity contribution in [3.63, 3.8) is 0 Å². The molecule has 128 valence electrons. The Hall–Kier alpha value is -1.30. The van der Waals surface area contributed by atoms with Crippen LogP contribution in [0.25, 0.3) is 15.7 Å². The summed E-state index contributed by atoms with van der Waals surface area (Å²) in [5.41, 5.74) is 0. The van der Waals surface area contributed by atoms with Crippen molar-refractivity contribution in [1.82, 2.24) is 24.1 Å². The maximum Gasteiger partial charge on any atom is 0.235 e. The van der Waals surface area contributed by atoms with Gasteiger partial charge >= 0.3 is 0 Å². The summed E-state index contributed by atoms with van der Waals surface area (Å²) in [4.78, 5) is 0.707. The van der Waals surface area contributed by atoms with Gasteiger partial charge in [0, 0.05) is 19.0 Å². The molecule has 0 atom stereocenters. The number of furan rings is 1. The van der Waals surface area contributed by atoms with E-state index < -0.39 is 10.0 Å². The predicted molar refractivity (Wildman–Crippen MR) is 92.5 cm³/mol. The number of sulfonamides is 1. The summed E-state index contributed by atoms with van der Waals surface area (Å²) in [5, 5.41) is 13.8. The van der Waals surface area contributed by atoms with Crippen LogP contribution >= 0.6 is 27.3 Å². The third-order valence-corrected chi connectivity index (χ3v) is 6.73. The first-order valence-corrected chi connectivity index (χ1v) is 10.8. The second kappa shape index (κ2) is 5.90. The molecule has 4 rings (SSSR count). The molecule has 3 aromatic rings. The van der Waals surface area contributed by atoms with Gasteiger partial charge in [-0.2, -0.15) is 4.52 Å². The molecule has 1 aliphatic rings. The van der Waals surface area contributed by atoms with Crippen molar-refractivity contribution in [2.45, 2.75) is 18.8 Å². The molecule has 11 heteroatoms. The maximum atomic E-state index is 11.6. The molecule has 8 nitrogen and oxygen atoms in total. The molecule has 1 fully saturated rings. The number of hydrogen-bond donors (Lipinski definition) is 0. The van der Waals surface area contributed by atoms with Gasteiger partial charge in [-0.25, -0.2) is 12.7 Å². The van der Waals surface area contributed by atoms with E-state index in [9.17, 15) is 8.42 Å². The van der Waals surface area contributed by atoms with Crippen LogP contribution in [0, 0.1) is 0 Å². The zero-order chi connectivity index (χ0) is 16.9. The minimum absolute atomic E-state index is 0.149. The molecule has 0 spiro atoms. The molecule has 1 aliphatic heterocycles. The van der Waals surface area contributed by atoms with Crippen LogP contribution in [0.1, 0.15) is 24.6 Å². The minimum atomic E-state index is -3.13. The smallest absolute Gasteiger partial charge is 0.235 e. The summed E-state index contributed by atoms with van der Waals surface area (Å²) in [6.45, 7) is 1.00. The lowest BCUT2D eigenvalue weighted by Gasteiger charge is -2.28. The second-order valence-electron chi connectivity index (χ2n) is 5.70. The number of piperidine rings is 1. The van der Waals surface area contributed by atoms with Crippen LogP contribution in [0.15, 0.2) is 21.2 Å². The van der Waals surface area contributed by atoms with Crippen LogP contribution in [0.5, 0.6) is 0 Å². The van der Waals surface area contributed by atoms with E-state index in [0.29, 0.717) is 41.3 Å². The second-order valence-corrected chi connectivity index (χ2v) is 9.42. The van der Waals surface area contributed by atoms with E-state index in [4.69, 9.17) is 4.42 Å². The van der Waals surface area contributed by atoms with E-state index in [1.165, 1.54) is 21.9 Å². The number of aromatic nitrogens is 4. The van der Waals surface area contributed by atoms with E-state index in [1.807, 2.05) is 12.1 Å². The third kappa shape index (κ3) is 2.89. The van der Waals surface area contributed by atoms with Crippen molar-refractivity contribution in [3.8, 4) is 10.8 Å². The quantitative estimate of drug-likeness (QED) is 0.631. The van der Waals surface area contributed by atoms with Crippen LogP contribution in [-0.2, 0) is 10.0 Å². The summed E-state index contributed by atoms with van der Waals surface area (Å²) in [6, 6.07) is 3.67. The van der Waals surface area contributed by atoms with Crippen molar-refractivity contribution in [1.29, 1.82) is 0 Å². The van der Waals surface area contributed by atoms with Gasteiger partial charge in [-0.3, -0.25) is 0 Å². The molecule has 0 aliphatic carbocycles. The third-order valence-electron chi connectivity index (χ3n) is 4.09. The molecular weight excluding hydrogens is 418 g/mol. The molecular formula is C13H14BrN5O3S2. The average molecular weight is 432 g/mol. The van der Waals surface area contributed by atoms with E-state index in [-0.39, 0.29) is 5.92 Å². The summed E-state index contributed by atoms with van der Waals surface area (Å²) >= 11 is 4.69. The van der Waals surface area contributed by atoms with Gasteiger partial charge in [-0.15, -0.1) is 15.3 Å². The molecule has 0 aromatic carbocycles. The standard InChI is InChI=1S/C13H14BrN5O3S2/c1-24(20,21)18-6-4-8(5-7-18)11-15-16-13-19(11)17-12(23-13)9-2-3-10(14)22-9/h2-3,8H,4-7H2,1H3. The Morgan fingerprint density at radius 1 is 1.29 bits per heavy atom. The highest BCUT2D eigenvalue weighted by molar-refractivity contribution is 9.10. The van der Waals surface area contributed by atoms with Crippen molar-refractivity contribution in [2.24, 2.45) is 0 Å². The van der Waals surface area contributed by atoms with Crippen LogP contribution in [-0.4, -0.2) is 51.9 Å². The summed E-state index contributed by atoms with van der Waals surface area (Å²) in [7, 11) is -3.13. The van der Waals surface area contributed by atoms with E-state index in [1.54, 1.807) is 4.52 Å². The van der Waals surface area contributed by atoms with E-state index >= 15 is 0 Å². The van der Waals surface area contributed by atoms with Crippen LogP contribution in [0.4, 0.5) is 0 Å². The van der Waals surface area contributed by atoms with Gasteiger partial charge in [0.25, 0.3) is 0 Å². The van der Waals surface area contributed by atoms with Gasteiger partial charge < -0.3 is 4.42 Å². The Morgan fingerprint density at radius 3 is 2.67 bits per heavy atom. The lowest BCUT2D eigenvalue weighted by Crippen LogP contribution is -2.37. The van der Waals surface area contributed by atoms with Crippen molar-refractivity contribution in [3.05, 3.63) is 22.6 Å². The summed E-state index contributed by atoms with van der Waals surface area (Å²) in [5.74, 6) is 1.61. The van der Waals surface area contributed by atoms with Crippen LogP contribution < -0.4 is 0 Å². The van der Waals surface area contributed by atoms with Gasteiger partial charge in [0.15, 0.2) is 21.3 Å². The van der Waals surface area contributed by atoms with E-state index in [2.05, 4.69) is 31.2 Å². The molecule has 4 heterocycles. The summed E-state index contributed by atoms with van der Waals surface area (Å²) in [6.07, 6.45) is 2.68. The molecule has 0 amide bonds. The molecule has 1 saturated heterocycles. The Kier molecular flexibility index (Phi) is 3.98. The highest BCUT2D eigenvalue weighted by Gasteiger charge is 2.29. The topological polar surface area (TPSA) is 93.6 Å². The first-order chi connectivity index (χ1) is 11.4. The van der Waals surface area contributed by atoms with Crippen molar-refractivity contribution >= 4 is 42.3 Å². The minimum Gasteiger partial charge on any atom is -0.447 e. The zero-order valence-electron chi connectivity index (χ0n) is 12.7. The fourth-order valence-electron chi connectivity index (χ4n) is 2.86. The van der Waals surface area contributed by atoms with Crippen molar-refractivity contribution in [2.75, 3.05) is 19.3 Å². The largest absolute Gasteiger partial charge is 0.447 e. The van der Waals surface area contributed by atoms with Gasteiger partial charge in [0.05, 0.1) is 6.26 Å². The van der Waals surface area contributed by atoms with Gasteiger partial charge in [-0.05, 0) is 40.9 Å². The molecule has 0 N–H and O–H groups in total. The molecule has 24 heavy (non-hydrogen) atoms. The van der Waals surface area contributed by atoms with Crippen LogP contribution in [0.2, 0.25) is 0 Å². The fraction of sp³-hybridized carbons (Fsp3) is 0.462. The number of hydrogen-bond acceptors (Lipinski definition) is 7. The number of rotatable bonds is 3. The maximum absolute atomic E-state index is 11.6. The Balaban J connectivity index is 1.60. The van der Waals surface area contributed by atoms with Gasteiger partial charge in [-0.1, -0.05) is 11.3 Å². The Labute approximate surface area is 150 Å². The summed E-state index contributed by atoms with van der Waals surface area (Å²) < 4.78 is 32.7. The molecule has 0 radical (unpaired) electrons. The van der Waals surface area contributed by atoms with Gasteiger partial charge in [0.2, 0.25) is 15.0 Å². The monoisotopic (exact) mass is 431 g/mol. The van der Waals surface area contributed by atoms with Crippen LogP contribution in [0.3, 0.4) is 0 Å². The number of fused-ring (bicyclic) bond motifs is 1. The van der Waals surface area contributed by atoms with Gasteiger partial charge in [0.1, 0.15) is 0 Å². The van der Waals surface area contributed by atoms with E-state index in [0.717, 1.165) is 10.8 Å². The number of halogens is 1. The molecule has 0 unspecified atom stereocenters. The average Bonchev–Trinajstić information content (AvgIpc) is 3.21. The van der Waals surface area contributed by atoms with Crippen molar-refractivity contribution < 1.29 is 12.8 Å². The Morgan fingerprint density at radius 2 is 2.04 bits per heavy atom. The molecule has 0 saturated carbocycles. The lowest BCUT2D eigenvalue weighted by molar-refractivity contribution is 0.313. The molecule has 0 bridgehead atoms. The first kappa shape index (κ1) is 16.2. The first-order valence-electron chi connectivity index (χ1n) is 7.35. The Bertz CT molecular complexity index is 985. The highest BCUT2D eigenvalue weighted by atomic mass is 79.9. The lowest BCUT2D eigenvalue weighted by atomic mass is 9.97. The predicted octanol–water partition coefficient (Wildman–Crippen LogP) is 2.35. The SMILES string of the molecule is CS(=O)(=O)N1CCC(c2nnc3sc(-c4ccc(Br)o4)nn23)CC1. The number of nitrogens with zero attached hydrogens (tertiary/aromatic N) is 5. The highest BCUT2D eigenvalue weighted by Crippen LogP contribution is 2.32. The zero-order valence-corrected chi connectivity index (χ0v) is 15.9.